The summed E-state index contributed by atoms with van der Waals surface area (Å²) < 4.78 is 0. The lowest BCUT2D eigenvalue weighted by Crippen LogP contribution is -2.67. The molecule has 2 fully saturated rings. The highest BCUT2D eigenvalue weighted by Gasteiger charge is 2.45. The Morgan fingerprint density at radius 1 is 0.704 bits per heavy atom. The molecule has 4 heteroatoms. The summed E-state index contributed by atoms with van der Waals surface area (Å²) in [5, 5.41) is 7.79. The van der Waals surface area contributed by atoms with Crippen LogP contribution in [0.15, 0.2) is 0 Å². The number of rotatable bonds is 6. The van der Waals surface area contributed by atoms with Gasteiger partial charge < -0.3 is 10.6 Å². The molecule has 3 nitrogen and oxygen atoms in total. The van der Waals surface area contributed by atoms with E-state index in [1.165, 1.54) is 44.7 Å². The predicted molar refractivity (Wildman–Crippen MR) is 124 cm³/mol. The van der Waals surface area contributed by atoms with E-state index < -0.39 is 8.80 Å². The molecule has 0 atom stereocenters. The molecule has 2 rings (SSSR count). The van der Waals surface area contributed by atoms with Gasteiger partial charge in [-0.1, -0.05) is 19.1 Å². The van der Waals surface area contributed by atoms with Crippen molar-refractivity contribution in [3.8, 4) is 0 Å². The molecule has 0 bridgehead atoms. The average Bonchev–Trinajstić information content (AvgIpc) is 2.35. The monoisotopic (exact) mass is 395 g/mol. The smallest absolute Gasteiger partial charge is 0.0306 e. The molecule has 2 aliphatic heterocycles. The van der Waals surface area contributed by atoms with Gasteiger partial charge in [0.2, 0.25) is 0 Å². The Labute approximate surface area is 172 Å². The van der Waals surface area contributed by atoms with Crippen molar-refractivity contribution in [2.24, 2.45) is 0 Å². The van der Waals surface area contributed by atoms with Crippen LogP contribution in [0.5, 0.6) is 0 Å². The Balaban J connectivity index is 2.25. The van der Waals surface area contributed by atoms with E-state index in [1.807, 2.05) is 0 Å². The molecular formula is C23H49N3Si. The predicted octanol–water partition coefficient (Wildman–Crippen LogP) is 4.78. The lowest BCUT2D eigenvalue weighted by atomic mass is 9.75. The molecule has 0 aromatic rings. The summed E-state index contributed by atoms with van der Waals surface area (Å²) in [6.45, 7) is 25.5. The molecule has 27 heavy (non-hydrogen) atoms. The van der Waals surface area contributed by atoms with E-state index in [0.29, 0.717) is 12.1 Å². The lowest BCUT2D eigenvalue weighted by molar-refractivity contribution is -0.00199. The third-order valence-electron chi connectivity index (χ3n) is 6.47. The van der Waals surface area contributed by atoms with Gasteiger partial charge in [-0.05, 0) is 94.0 Å². The molecule has 0 saturated carbocycles. The van der Waals surface area contributed by atoms with Crippen LogP contribution in [0.25, 0.3) is 0 Å². The van der Waals surface area contributed by atoms with E-state index in [0.717, 1.165) is 0 Å². The van der Waals surface area contributed by atoms with Crippen LogP contribution in [-0.2, 0) is 0 Å². The van der Waals surface area contributed by atoms with Crippen molar-refractivity contribution in [2.45, 2.75) is 141 Å². The second-order valence-electron chi connectivity index (χ2n) is 12.7. The van der Waals surface area contributed by atoms with E-state index >= 15 is 0 Å². The molecular weight excluding hydrogens is 346 g/mol. The summed E-state index contributed by atoms with van der Waals surface area (Å²) >= 11 is 0. The summed E-state index contributed by atoms with van der Waals surface area (Å²) in [6, 6.07) is 2.87. The van der Waals surface area contributed by atoms with Gasteiger partial charge >= 0.3 is 0 Å². The molecule has 160 valence electrons. The van der Waals surface area contributed by atoms with E-state index in [4.69, 9.17) is 0 Å². The van der Waals surface area contributed by atoms with Gasteiger partial charge in [0.1, 0.15) is 0 Å². The lowest BCUT2D eigenvalue weighted by Gasteiger charge is -2.55. The first kappa shape index (κ1) is 23.4. The molecule has 2 heterocycles. The van der Waals surface area contributed by atoms with Crippen LogP contribution < -0.4 is 10.6 Å². The topological polar surface area (TPSA) is 27.3 Å². The van der Waals surface area contributed by atoms with Gasteiger partial charge in [-0.25, -0.2) is 0 Å². The van der Waals surface area contributed by atoms with Crippen molar-refractivity contribution < 1.29 is 0 Å². The Hall–Kier alpha value is 0.0969. The highest BCUT2D eigenvalue weighted by Crippen LogP contribution is 2.38. The zero-order valence-corrected chi connectivity index (χ0v) is 21.3. The van der Waals surface area contributed by atoms with Gasteiger partial charge in [-0.3, -0.25) is 4.90 Å². The molecule has 2 N–H and O–H groups in total. The van der Waals surface area contributed by atoms with Crippen LogP contribution in [0.2, 0.25) is 19.1 Å². The average molecular weight is 396 g/mol. The van der Waals surface area contributed by atoms with E-state index in [2.05, 4.69) is 84.0 Å². The molecule has 0 spiro atoms. The van der Waals surface area contributed by atoms with Gasteiger partial charge in [0, 0.05) is 43.0 Å². The standard InChI is InChI=1S/C23H49N3Si/c1-20(2)14-18(15-21(3,4)24-20)26(12-11-13-27(9)10)19-16-22(5,6)25-23(7,8)17-19/h18-19,24-25,27H,11-17H2,1-10H3. The SMILES string of the molecule is C[SiH](C)CCCN(C1CC(C)(C)NC(C)(C)C1)C1CC(C)(C)NC(C)(C)C1. The molecule has 0 amide bonds. The minimum atomic E-state index is -0.471. The number of hydrogen-bond acceptors (Lipinski definition) is 3. The van der Waals surface area contributed by atoms with Gasteiger partial charge in [-0.15, -0.1) is 0 Å². The maximum Gasteiger partial charge on any atom is 0.0306 e. The van der Waals surface area contributed by atoms with E-state index in [9.17, 15) is 0 Å². The fourth-order valence-corrected chi connectivity index (χ4v) is 7.35. The summed E-state index contributed by atoms with van der Waals surface area (Å²) in [5.41, 5.74) is 0.871. The van der Waals surface area contributed by atoms with Crippen LogP contribution in [0, 0.1) is 0 Å². The fourth-order valence-electron chi connectivity index (χ4n) is 6.35. The first-order valence-electron chi connectivity index (χ1n) is 11.4. The molecule has 0 aromatic carbocycles. The zero-order valence-electron chi connectivity index (χ0n) is 20.1. The maximum atomic E-state index is 3.89. The quantitative estimate of drug-likeness (QED) is 0.634. The largest absolute Gasteiger partial charge is 0.307 e. The van der Waals surface area contributed by atoms with Gasteiger partial charge in [0.05, 0.1) is 0 Å². The van der Waals surface area contributed by atoms with Crippen molar-refractivity contribution >= 4 is 8.80 Å². The summed E-state index contributed by atoms with van der Waals surface area (Å²) in [7, 11) is -0.471. The summed E-state index contributed by atoms with van der Waals surface area (Å²) in [4.78, 5) is 2.96. The Kier molecular flexibility index (Phi) is 7.00. The summed E-state index contributed by atoms with van der Waals surface area (Å²) in [5.74, 6) is 0. The molecule has 0 aromatic heterocycles. The van der Waals surface area contributed by atoms with E-state index in [1.54, 1.807) is 0 Å². The minimum Gasteiger partial charge on any atom is -0.307 e. The second-order valence-corrected chi connectivity index (χ2v) is 16.0. The normalized spacial score (nSPS) is 28.0. The zero-order chi connectivity index (χ0) is 20.7. The van der Waals surface area contributed by atoms with Crippen LogP contribution in [-0.4, -0.2) is 54.5 Å². The highest BCUT2D eigenvalue weighted by atomic mass is 28.3. The van der Waals surface area contributed by atoms with Crippen molar-refractivity contribution in [1.82, 2.24) is 15.5 Å². The van der Waals surface area contributed by atoms with E-state index in [-0.39, 0.29) is 22.2 Å². The van der Waals surface area contributed by atoms with Crippen LogP contribution in [0.4, 0.5) is 0 Å². The number of nitrogens with one attached hydrogen (secondary N) is 2. The van der Waals surface area contributed by atoms with Crippen LogP contribution >= 0.6 is 0 Å². The minimum absolute atomic E-state index is 0.218. The fraction of sp³-hybridized carbons (Fsp3) is 1.00. The first-order chi connectivity index (χ1) is 12.1. The van der Waals surface area contributed by atoms with Crippen molar-refractivity contribution in [2.75, 3.05) is 6.54 Å². The van der Waals surface area contributed by atoms with Crippen molar-refractivity contribution in [3.63, 3.8) is 0 Å². The molecule has 0 unspecified atom stereocenters. The van der Waals surface area contributed by atoms with Crippen molar-refractivity contribution in [1.29, 1.82) is 0 Å². The molecule has 2 aliphatic rings. The third-order valence-corrected chi connectivity index (χ3v) is 8.04. The third kappa shape index (κ3) is 7.13. The Morgan fingerprint density at radius 2 is 1.04 bits per heavy atom. The summed E-state index contributed by atoms with van der Waals surface area (Å²) in [6.07, 6.45) is 6.45. The number of nitrogens with zero attached hydrogens (tertiary/aromatic N) is 1. The van der Waals surface area contributed by atoms with Gasteiger partial charge in [0.25, 0.3) is 0 Å². The first-order valence-corrected chi connectivity index (χ1v) is 14.6. The molecule has 2 saturated heterocycles. The van der Waals surface area contributed by atoms with Gasteiger partial charge in [0.15, 0.2) is 0 Å². The van der Waals surface area contributed by atoms with Crippen molar-refractivity contribution in [3.05, 3.63) is 0 Å². The number of piperidine rings is 2. The van der Waals surface area contributed by atoms with Crippen LogP contribution in [0.3, 0.4) is 0 Å². The second kappa shape index (κ2) is 8.08. The number of hydrogen-bond donors (Lipinski definition) is 2. The Morgan fingerprint density at radius 3 is 1.33 bits per heavy atom. The van der Waals surface area contributed by atoms with Gasteiger partial charge in [-0.2, -0.15) is 0 Å². The molecule has 0 aliphatic carbocycles. The molecule has 0 radical (unpaired) electrons. The van der Waals surface area contributed by atoms with Crippen LogP contribution in [0.1, 0.15) is 87.5 Å². The Bertz CT molecular complexity index is 426. The highest BCUT2D eigenvalue weighted by molar-refractivity contribution is 6.55. The maximum absolute atomic E-state index is 3.89.